The summed E-state index contributed by atoms with van der Waals surface area (Å²) in [4.78, 5) is 19.2. The topological polar surface area (TPSA) is 88.6 Å². The Balaban J connectivity index is 1.62. The molecule has 0 bridgehead atoms. The van der Waals surface area contributed by atoms with Crippen molar-refractivity contribution in [3.05, 3.63) is 35.4 Å². The van der Waals surface area contributed by atoms with Crippen molar-refractivity contribution in [3.8, 4) is 11.3 Å². The SMILES string of the molecule is CCCCNC(=O)CN1CCCC(c2c(-c3cc(C)no3)cnc3cc(C)nn23)C1. The van der Waals surface area contributed by atoms with Crippen molar-refractivity contribution >= 4 is 11.6 Å². The predicted octanol–water partition coefficient (Wildman–Crippen LogP) is 3.10. The third-order valence-electron chi connectivity index (χ3n) is 5.65. The zero-order valence-corrected chi connectivity index (χ0v) is 18.0. The fourth-order valence-electron chi connectivity index (χ4n) is 4.23. The number of carbonyl (C=O) groups excluding carboxylic acids is 1. The summed E-state index contributed by atoms with van der Waals surface area (Å²) in [6.07, 6.45) is 6.03. The van der Waals surface area contributed by atoms with Crippen molar-refractivity contribution in [2.45, 2.75) is 52.4 Å². The van der Waals surface area contributed by atoms with Crippen LogP contribution in [0.25, 0.3) is 17.0 Å². The van der Waals surface area contributed by atoms with E-state index in [0.29, 0.717) is 12.3 Å². The maximum Gasteiger partial charge on any atom is 0.234 e. The minimum Gasteiger partial charge on any atom is -0.356 e. The average molecular weight is 411 g/mol. The van der Waals surface area contributed by atoms with Gasteiger partial charge in [0.2, 0.25) is 5.91 Å². The number of fused-ring (bicyclic) bond motifs is 1. The van der Waals surface area contributed by atoms with Crippen LogP contribution in [0.2, 0.25) is 0 Å². The van der Waals surface area contributed by atoms with E-state index in [0.717, 1.165) is 73.6 Å². The number of amides is 1. The molecule has 3 aromatic rings. The molecule has 1 atom stereocenters. The molecule has 4 rings (SSSR count). The zero-order valence-electron chi connectivity index (χ0n) is 18.0. The summed E-state index contributed by atoms with van der Waals surface area (Å²) in [5.41, 5.74) is 4.60. The van der Waals surface area contributed by atoms with Crippen LogP contribution >= 0.6 is 0 Å². The molecule has 1 saturated heterocycles. The van der Waals surface area contributed by atoms with Gasteiger partial charge in [0.1, 0.15) is 0 Å². The quantitative estimate of drug-likeness (QED) is 0.602. The number of aryl methyl sites for hydroxylation is 2. The first kappa shape index (κ1) is 20.5. The van der Waals surface area contributed by atoms with E-state index in [-0.39, 0.29) is 11.8 Å². The summed E-state index contributed by atoms with van der Waals surface area (Å²) in [6, 6.07) is 3.92. The Bertz CT molecular complexity index is 1020. The third-order valence-corrected chi connectivity index (χ3v) is 5.65. The molecule has 0 radical (unpaired) electrons. The Morgan fingerprint density at radius 2 is 2.17 bits per heavy atom. The summed E-state index contributed by atoms with van der Waals surface area (Å²) in [5.74, 6) is 1.04. The normalized spacial score (nSPS) is 17.5. The molecule has 1 amide bonds. The summed E-state index contributed by atoms with van der Waals surface area (Å²) < 4.78 is 7.52. The highest BCUT2D eigenvalue weighted by molar-refractivity contribution is 5.78. The molecule has 30 heavy (non-hydrogen) atoms. The largest absolute Gasteiger partial charge is 0.356 e. The zero-order chi connectivity index (χ0) is 21.1. The number of hydrogen-bond acceptors (Lipinski definition) is 6. The Kier molecular flexibility index (Phi) is 6.13. The van der Waals surface area contributed by atoms with Gasteiger partial charge in [-0.3, -0.25) is 9.69 Å². The first-order valence-corrected chi connectivity index (χ1v) is 10.8. The van der Waals surface area contributed by atoms with Gasteiger partial charge in [-0.25, -0.2) is 9.50 Å². The maximum absolute atomic E-state index is 12.3. The molecule has 160 valence electrons. The molecular formula is C22H30N6O2. The van der Waals surface area contributed by atoms with Gasteiger partial charge in [0.15, 0.2) is 11.4 Å². The van der Waals surface area contributed by atoms with Crippen LogP contribution in [0.5, 0.6) is 0 Å². The fraction of sp³-hybridized carbons (Fsp3) is 0.545. The Hall–Kier alpha value is -2.74. The van der Waals surface area contributed by atoms with Crippen LogP contribution in [0.3, 0.4) is 0 Å². The van der Waals surface area contributed by atoms with Gasteiger partial charge in [0, 0.05) is 37.3 Å². The molecule has 1 fully saturated rings. The standard InChI is InChI=1S/C22H30N6O2/c1-4-5-8-23-21(29)14-27-9-6-7-17(13-27)22-18(19-10-16(3)26-30-19)12-24-20-11-15(2)25-28(20)22/h10-12,17H,4-9,13-14H2,1-3H3,(H,23,29). The molecule has 1 N–H and O–H groups in total. The molecule has 0 aromatic carbocycles. The van der Waals surface area contributed by atoms with E-state index in [9.17, 15) is 4.79 Å². The molecule has 8 nitrogen and oxygen atoms in total. The highest BCUT2D eigenvalue weighted by Gasteiger charge is 2.29. The lowest BCUT2D eigenvalue weighted by atomic mass is 9.91. The molecule has 0 aliphatic carbocycles. The highest BCUT2D eigenvalue weighted by atomic mass is 16.5. The summed E-state index contributed by atoms with van der Waals surface area (Å²) in [7, 11) is 0. The van der Waals surface area contributed by atoms with Crippen molar-refractivity contribution < 1.29 is 9.32 Å². The van der Waals surface area contributed by atoms with Crippen LogP contribution in [0.1, 0.15) is 55.6 Å². The van der Waals surface area contributed by atoms with Gasteiger partial charge in [-0.2, -0.15) is 5.10 Å². The summed E-state index contributed by atoms with van der Waals surface area (Å²) in [5, 5.41) is 11.8. The molecule has 1 aliphatic heterocycles. The van der Waals surface area contributed by atoms with Crippen LogP contribution in [0, 0.1) is 13.8 Å². The number of nitrogens with one attached hydrogen (secondary N) is 1. The van der Waals surface area contributed by atoms with E-state index in [4.69, 9.17) is 9.62 Å². The van der Waals surface area contributed by atoms with E-state index in [1.165, 1.54) is 0 Å². The van der Waals surface area contributed by atoms with Gasteiger partial charge in [0.25, 0.3) is 0 Å². The first-order chi connectivity index (χ1) is 14.5. The molecule has 4 heterocycles. The number of piperidine rings is 1. The van der Waals surface area contributed by atoms with E-state index in [1.807, 2.05) is 36.7 Å². The first-order valence-electron chi connectivity index (χ1n) is 10.8. The summed E-state index contributed by atoms with van der Waals surface area (Å²) in [6.45, 7) is 8.94. The number of aromatic nitrogens is 4. The second-order valence-electron chi connectivity index (χ2n) is 8.22. The minimum absolute atomic E-state index is 0.102. The molecule has 0 spiro atoms. The van der Waals surface area contributed by atoms with Crippen LogP contribution < -0.4 is 5.32 Å². The highest BCUT2D eigenvalue weighted by Crippen LogP contribution is 2.34. The van der Waals surface area contributed by atoms with Crippen molar-refractivity contribution in [3.63, 3.8) is 0 Å². The van der Waals surface area contributed by atoms with Gasteiger partial charge >= 0.3 is 0 Å². The summed E-state index contributed by atoms with van der Waals surface area (Å²) >= 11 is 0. The maximum atomic E-state index is 12.3. The van der Waals surface area contributed by atoms with Crippen molar-refractivity contribution in [1.82, 2.24) is 30.0 Å². The molecule has 3 aromatic heterocycles. The molecule has 0 saturated carbocycles. The number of likely N-dealkylation sites (tertiary alicyclic amines) is 1. The monoisotopic (exact) mass is 410 g/mol. The van der Waals surface area contributed by atoms with E-state index in [1.54, 1.807) is 0 Å². The third kappa shape index (κ3) is 4.38. The van der Waals surface area contributed by atoms with Gasteiger partial charge < -0.3 is 9.84 Å². The van der Waals surface area contributed by atoms with Crippen molar-refractivity contribution in [1.29, 1.82) is 0 Å². The lowest BCUT2D eigenvalue weighted by Crippen LogP contribution is -2.42. The van der Waals surface area contributed by atoms with Crippen LogP contribution in [-0.2, 0) is 4.79 Å². The predicted molar refractivity (Wildman–Crippen MR) is 114 cm³/mol. The molecular weight excluding hydrogens is 380 g/mol. The number of hydrogen-bond donors (Lipinski definition) is 1. The van der Waals surface area contributed by atoms with E-state index >= 15 is 0 Å². The second kappa shape index (κ2) is 8.95. The van der Waals surface area contributed by atoms with Crippen LogP contribution in [-0.4, -0.2) is 56.7 Å². The van der Waals surface area contributed by atoms with E-state index in [2.05, 4.69) is 27.3 Å². The molecule has 1 unspecified atom stereocenters. The molecule has 8 heteroatoms. The number of carbonyl (C=O) groups is 1. The average Bonchev–Trinajstić information content (AvgIpc) is 3.32. The lowest BCUT2D eigenvalue weighted by Gasteiger charge is -2.33. The van der Waals surface area contributed by atoms with Crippen molar-refractivity contribution in [2.75, 3.05) is 26.2 Å². The molecule has 1 aliphatic rings. The minimum atomic E-state index is 0.102. The van der Waals surface area contributed by atoms with Crippen LogP contribution in [0.4, 0.5) is 0 Å². The van der Waals surface area contributed by atoms with Gasteiger partial charge in [-0.15, -0.1) is 0 Å². The number of rotatable bonds is 7. The van der Waals surface area contributed by atoms with Crippen LogP contribution in [0.15, 0.2) is 22.9 Å². The number of nitrogens with zero attached hydrogens (tertiary/aromatic N) is 5. The Morgan fingerprint density at radius 1 is 1.30 bits per heavy atom. The van der Waals surface area contributed by atoms with Gasteiger partial charge in [-0.1, -0.05) is 18.5 Å². The smallest absolute Gasteiger partial charge is 0.234 e. The lowest BCUT2D eigenvalue weighted by molar-refractivity contribution is -0.122. The fourth-order valence-corrected chi connectivity index (χ4v) is 4.23. The van der Waals surface area contributed by atoms with Crippen molar-refractivity contribution in [2.24, 2.45) is 0 Å². The Labute approximate surface area is 176 Å². The Morgan fingerprint density at radius 3 is 2.93 bits per heavy atom. The van der Waals surface area contributed by atoms with E-state index < -0.39 is 0 Å². The second-order valence-corrected chi connectivity index (χ2v) is 8.22. The number of unbranched alkanes of at least 4 members (excludes halogenated alkanes) is 1. The van der Waals surface area contributed by atoms with Gasteiger partial charge in [-0.05, 0) is 39.7 Å². The van der Waals surface area contributed by atoms with Gasteiger partial charge in [0.05, 0.1) is 29.2 Å².